The van der Waals surface area contributed by atoms with Gasteiger partial charge in [0.05, 0.1) is 29.4 Å². The summed E-state index contributed by atoms with van der Waals surface area (Å²) in [6.45, 7) is 5.72. The van der Waals surface area contributed by atoms with Crippen LogP contribution in [0.15, 0.2) is 30.6 Å². The number of amides is 1. The molecule has 1 amide bonds. The third-order valence-corrected chi connectivity index (χ3v) is 7.60. The Morgan fingerprint density at radius 3 is 2.41 bits per heavy atom. The highest BCUT2D eigenvalue weighted by Gasteiger charge is 2.49. The summed E-state index contributed by atoms with van der Waals surface area (Å²) in [4.78, 5) is 17.5. The Bertz CT molecular complexity index is 986. The molecule has 1 N–H and O–H groups in total. The van der Waals surface area contributed by atoms with Gasteiger partial charge in [0.25, 0.3) is 0 Å². The molecule has 1 saturated heterocycles. The number of piperidine rings is 1. The second-order valence-electron chi connectivity index (χ2n) is 9.85. The van der Waals surface area contributed by atoms with Crippen LogP contribution in [-0.4, -0.2) is 44.9 Å². The van der Waals surface area contributed by atoms with Gasteiger partial charge in [0.2, 0.25) is 5.91 Å². The van der Waals surface area contributed by atoms with Gasteiger partial charge in [-0.1, -0.05) is 13.8 Å². The van der Waals surface area contributed by atoms with Gasteiger partial charge in [0.1, 0.15) is 5.82 Å². The lowest BCUT2D eigenvalue weighted by atomic mass is 9.74. The first-order chi connectivity index (χ1) is 16.1. The zero-order valence-electron chi connectivity index (χ0n) is 19.5. The predicted molar refractivity (Wildman–Crippen MR) is 118 cm³/mol. The van der Waals surface area contributed by atoms with Crippen molar-refractivity contribution in [2.75, 3.05) is 13.1 Å². The third-order valence-electron chi connectivity index (χ3n) is 7.60. The number of alkyl halides is 3. The van der Waals surface area contributed by atoms with Crippen LogP contribution in [0.2, 0.25) is 0 Å². The second-order valence-corrected chi connectivity index (χ2v) is 9.85. The average molecular weight is 482 g/mol. The summed E-state index contributed by atoms with van der Waals surface area (Å²) < 4.78 is 52.8. The first-order valence-corrected chi connectivity index (χ1v) is 11.8. The van der Waals surface area contributed by atoms with Crippen molar-refractivity contribution in [1.29, 1.82) is 0 Å². The van der Waals surface area contributed by atoms with E-state index in [1.165, 1.54) is 0 Å². The van der Waals surface area contributed by atoms with Crippen LogP contribution in [0.3, 0.4) is 0 Å². The van der Waals surface area contributed by atoms with E-state index in [-0.39, 0.29) is 30.0 Å². The molecule has 1 aromatic heterocycles. The first-order valence-electron chi connectivity index (χ1n) is 11.8. The molecule has 2 aromatic rings. The van der Waals surface area contributed by atoms with E-state index in [1.54, 1.807) is 17.2 Å². The molecule has 1 saturated carbocycles. The molecule has 6 nitrogen and oxygen atoms in total. The molecule has 0 bridgehead atoms. The molecule has 34 heavy (non-hydrogen) atoms. The van der Waals surface area contributed by atoms with Gasteiger partial charge in [-0.3, -0.25) is 4.79 Å². The summed E-state index contributed by atoms with van der Waals surface area (Å²) in [5.41, 5.74) is -1.54. The van der Waals surface area contributed by atoms with Gasteiger partial charge in [-0.2, -0.15) is 28.2 Å². The van der Waals surface area contributed by atoms with E-state index in [0.717, 1.165) is 50.9 Å². The maximum absolute atomic E-state index is 13.7. The highest BCUT2D eigenvalue weighted by atomic mass is 19.4. The molecule has 2 heterocycles. The Morgan fingerprint density at radius 1 is 1.12 bits per heavy atom. The van der Waals surface area contributed by atoms with Crippen LogP contribution in [0.1, 0.15) is 63.1 Å². The summed E-state index contributed by atoms with van der Waals surface area (Å²) in [6.07, 6.45) is 2.96. The Hall–Kier alpha value is -2.49. The largest absolute Gasteiger partial charge is 0.416 e. The Kier molecular flexibility index (Phi) is 6.98. The molecule has 4 rings (SSSR count). The van der Waals surface area contributed by atoms with Gasteiger partial charge < -0.3 is 10.2 Å². The number of aromatic nitrogens is 3. The van der Waals surface area contributed by atoms with Crippen molar-refractivity contribution >= 4 is 5.91 Å². The molecule has 0 spiro atoms. The van der Waals surface area contributed by atoms with Gasteiger partial charge in [0.15, 0.2) is 0 Å². The molecule has 1 aliphatic heterocycles. The quantitative estimate of drug-likeness (QED) is 0.614. The highest BCUT2D eigenvalue weighted by Crippen LogP contribution is 2.47. The number of rotatable bonds is 6. The van der Waals surface area contributed by atoms with E-state index < -0.39 is 23.0 Å². The van der Waals surface area contributed by atoms with Crippen LogP contribution in [0.5, 0.6) is 0 Å². The van der Waals surface area contributed by atoms with E-state index in [4.69, 9.17) is 0 Å². The third kappa shape index (κ3) is 5.11. The van der Waals surface area contributed by atoms with Crippen LogP contribution in [0.4, 0.5) is 17.6 Å². The average Bonchev–Trinajstić information content (AvgIpc) is 3.48. The number of nitrogens with one attached hydrogen (secondary N) is 1. The molecule has 10 heteroatoms. The fraction of sp³-hybridized carbons (Fsp3) is 0.625. The minimum absolute atomic E-state index is 0.0709. The Balaban J connectivity index is 1.38. The molecule has 2 atom stereocenters. The van der Waals surface area contributed by atoms with Gasteiger partial charge in [0, 0.05) is 25.7 Å². The van der Waals surface area contributed by atoms with Gasteiger partial charge in [-0.15, -0.1) is 0 Å². The monoisotopic (exact) mass is 481 g/mol. The van der Waals surface area contributed by atoms with Gasteiger partial charge >= 0.3 is 6.18 Å². The summed E-state index contributed by atoms with van der Waals surface area (Å²) in [7, 11) is 0. The number of halogens is 4. The lowest BCUT2D eigenvalue weighted by molar-refractivity contribution is -0.137. The second kappa shape index (κ2) is 9.64. The number of carbonyl (C=O) groups excluding carboxylic acids is 1. The Labute approximate surface area is 196 Å². The van der Waals surface area contributed by atoms with Crippen molar-refractivity contribution in [3.63, 3.8) is 0 Å². The summed E-state index contributed by atoms with van der Waals surface area (Å²) >= 11 is 0. The lowest BCUT2D eigenvalue weighted by Crippen LogP contribution is -2.46. The Morgan fingerprint density at radius 2 is 1.79 bits per heavy atom. The van der Waals surface area contributed by atoms with Crippen LogP contribution >= 0.6 is 0 Å². The van der Waals surface area contributed by atoms with Crippen LogP contribution in [-0.2, 0) is 17.5 Å². The number of carbonyl (C=O) groups is 1. The van der Waals surface area contributed by atoms with Gasteiger partial charge in [-0.25, -0.2) is 4.39 Å². The summed E-state index contributed by atoms with van der Waals surface area (Å²) in [5.74, 6) is -1.06. The van der Waals surface area contributed by atoms with Crippen LogP contribution in [0.25, 0.3) is 0 Å². The van der Waals surface area contributed by atoms with E-state index in [0.29, 0.717) is 18.5 Å². The fourth-order valence-electron chi connectivity index (χ4n) is 5.52. The molecular formula is C24H31F4N5O. The predicted octanol–water partition coefficient (Wildman–Crippen LogP) is 4.58. The van der Waals surface area contributed by atoms with E-state index >= 15 is 0 Å². The smallest absolute Gasteiger partial charge is 0.352 e. The molecular weight excluding hydrogens is 450 g/mol. The van der Waals surface area contributed by atoms with Crippen molar-refractivity contribution in [1.82, 2.24) is 25.2 Å². The number of hydrogen-bond acceptors (Lipinski definition) is 4. The molecule has 1 aliphatic carbocycles. The number of likely N-dealkylation sites (tertiary alicyclic amines) is 1. The highest BCUT2D eigenvalue weighted by molar-refractivity contribution is 5.83. The van der Waals surface area contributed by atoms with E-state index in [9.17, 15) is 22.4 Å². The number of hydrogen-bond donors (Lipinski definition) is 1. The molecule has 0 radical (unpaired) electrons. The molecule has 186 valence electrons. The van der Waals surface area contributed by atoms with Crippen molar-refractivity contribution in [3.8, 4) is 0 Å². The number of nitrogens with zero attached hydrogens (tertiary/aromatic N) is 4. The van der Waals surface area contributed by atoms with E-state index in [2.05, 4.69) is 20.4 Å². The van der Waals surface area contributed by atoms with Crippen molar-refractivity contribution < 1.29 is 22.4 Å². The molecule has 0 unspecified atom stereocenters. The number of benzene rings is 1. The molecule has 1 aromatic carbocycles. The van der Waals surface area contributed by atoms with Gasteiger partial charge in [-0.05, 0) is 61.8 Å². The maximum Gasteiger partial charge on any atom is 0.416 e. The fourth-order valence-corrected chi connectivity index (χ4v) is 5.52. The summed E-state index contributed by atoms with van der Waals surface area (Å²) in [5, 5.41) is 11.3. The zero-order chi connectivity index (χ0) is 24.5. The minimum atomic E-state index is -4.64. The molecule has 2 aliphatic rings. The van der Waals surface area contributed by atoms with Crippen molar-refractivity contribution in [2.24, 2.45) is 11.3 Å². The lowest BCUT2D eigenvalue weighted by Gasteiger charge is -2.37. The molecule has 2 fully saturated rings. The van der Waals surface area contributed by atoms with E-state index in [1.807, 2.05) is 13.8 Å². The maximum atomic E-state index is 13.7. The van der Waals surface area contributed by atoms with Crippen LogP contribution < -0.4 is 5.32 Å². The minimum Gasteiger partial charge on any atom is -0.352 e. The first kappa shape index (κ1) is 24.6. The van der Waals surface area contributed by atoms with Crippen molar-refractivity contribution in [2.45, 2.75) is 70.8 Å². The topological polar surface area (TPSA) is 63.1 Å². The SMILES string of the molecule is CC(C)[C@]1(C(=O)NCc2cc(F)cc(C(F)(F)F)c2)CC[C@@H](N2CCC(n3nccn3)CC2)C1. The summed E-state index contributed by atoms with van der Waals surface area (Å²) in [6, 6.07) is 2.97. The van der Waals surface area contributed by atoms with Crippen LogP contribution in [0, 0.1) is 17.2 Å². The normalized spacial score (nSPS) is 24.6. The standard InChI is InChI=1S/C24H31F4N5O/c1-16(2)23(22(34)29-15-17-11-18(24(26,27)28)13-19(25)12-17)6-3-21(14-23)32-9-4-20(5-10-32)33-30-7-8-31-33/h7-8,11-13,16,20-21H,3-6,9-10,14-15H2,1-2H3,(H,29,34)/t21-,23+/m1/s1. The van der Waals surface area contributed by atoms with Crippen molar-refractivity contribution in [3.05, 3.63) is 47.5 Å². The zero-order valence-corrected chi connectivity index (χ0v) is 19.5.